The van der Waals surface area contributed by atoms with Crippen molar-refractivity contribution in [2.75, 3.05) is 7.11 Å². The third kappa shape index (κ3) is 12.1. The first-order chi connectivity index (χ1) is 26.2. The predicted molar refractivity (Wildman–Crippen MR) is 209 cm³/mol. The molecule has 1 saturated heterocycles. The van der Waals surface area contributed by atoms with Crippen LogP contribution in [0.4, 0.5) is 0 Å². The number of Topliss-reactive ketones (excluding diaryl/α,β-unsaturated/α-hetero) is 1. The Balaban J connectivity index is 1.87. The van der Waals surface area contributed by atoms with Crippen molar-refractivity contribution in [1.29, 1.82) is 0 Å². The lowest BCUT2D eigenvalue weighted by Crippen LogP contribution is -2.58. The maximum Gasteiger partial charge on any atom is 0.334 e. The van der Waals surface area contributed by atoms with Crippen molar-refractivity contribution in [3.05, 3.63) is 70.7 Å². The van der Waals surface area contributed by atoms with E-state index in [4.69, 9.17) is 18.9 Å². The lowest BCUT2D eigenvalue weighted by molar-refractivity contribution is -0.323. The van der Waals surface area contributed by atoms with Gasteiger partial charge in [-0.15, -0.1) is 0 Å². The largest absolute Gasteiger partial charge is 0.510 e. The highest BCUT2D eigenvalue weighted by atomic mass is 16.6. The van der Waals surface area contributed by atoms with Gasteiger partial charge in [-0.05, 0) is 45.6 Å². The normalized spacial score (nSPS) is 36.3. The third-order valence-electron chi connectivity index (χ3n) is 11.3. The molecule has 0 aromatic carbocycles. The summed E-state index contributed by atoms with van der Waals surface area (Å²) in [6.07, 6.45) is 6.74. The number of carbonyl (C=O) groups is 4. The summed E-state index contributed by atoms with van der Waals surface area (Å²) in [5.74, 6) is -7.30. The van der Waals surface area contributed by atoms with Gasteiger partial charge in [0.1, 0.15) is 29.8 Å². The molecular formula is C43H63NO12. The monoisotopic (exact) mass is 785 g/mol. The third-order valence-corrected chi connectivity index (χ3v) is 11.3. The minimum atomic E-state index is -1.99. The Bertz CT molecular complexity index is 1620. The van der Waals surface area contributed by atoms with Crippen molar-refractivity contribution in [3.63, 3.8) is 0 Å². The first-order valence-electron chi connectivity index (χ1n) is 19.6. The topological polar surface area (TPSA) is 198 Å². The average Bonchev–Trinajstić information content (AvgIpc) is 3.46. The first kappa shape index (κ1) is 46.5. The molecule has 0 unspecified atom stereocenters. The molecule has 5 N–H and O–H groups in total. The molecule has 0 aromatic heterocycles. The molecule has 0 bridgehead atoms. The summed E-state index contributed by atoms with van der Waals surface area (Å²) in [5, 5.41) is 47.1. The Morgan fingerprint density at radius 1 is 1.11 bits per heavy atom. The molecule has 0 radical (unpaired) electrons. The van der Waals surface area contributed by atoms with Crippen LogP contribution in [-0.2, 0) is 38.1 Å². The number of methoxy groups -OCH3 is 1. The van der Waals surface area contributed by atoms with Crippen molar-refractivity contribution in [2.45, 2.75) is 137 Å². The SMILES string of the molecule is CC[C@H]1O[C@@](O)([C@@H](C)[C@H](O)[C@H](C)[C@H]2OC(=O)/C(C)=C/C(C)=C/[C@@H](C)[C@@H](O)[C@@H](C)C/C(C)=C/C=C/[C@@H]2OC)C[C@@H](OC(=O)/C=C/C(=O)NC2=C(O)CCC2=O)[C@H]1C. The highest BCUT2D eigenvalue weighted by Crippen LogP contribution is 2.41. The van der Waals surface area contributed by atoms with E-state index in [1.807, 2.05) is 53.7 Å². The second kappa shape index (κ2) is 20.5. The number of nitrogens with one attached hydrogen (secondary N) is 1. The summed E-state index contributed by atoms with van der Waals surface area (Å²) in [4.78, 5) is 50.8. The molecule has 13 heteroatoms. The quantitative estimate of drug-likeness (QED) is 0.143. The van der Waals surface area contributed by atoms with E-state index in [9.17, 15) is 39.6 Å². The van der Waals surface area contributed by atoms with Crippen LogP contribution in [0.25, 0.3) is 0 Å². The van der Waals surface area contributed by atoms with Crippen molar-refractivity contribution in [2.24, 2.45) is 29.6 Å². The second-order valence-corrected chi connectivity index (χ2v) is 15.9. The van der Waals surface area contributed by atoms with E-state index in [0.29, 0.717) is 18.4 Å². The van der Waals surface area contributed by atoms with E-state index < -0.39 is 77.9 Å². The Hall–Kier alpha value is -3.88. The van der Waals surface area contributed by atoms with Crippen LogP contribution in [0, 0.1) is 29.6 Å². The number of amides is 1. The van der Waals surface area contributed by atoms with E-state index in [-0.39, 0.29) is 48.5 Å². The second-order valence-electron chi connectivity index (χ2n) is 15.9. The van der Waals surface area contributed by atoms with Gasteiger partial charge in [-0.2, -0.15) is 0 Å². The van der Waals surface area contributed by atoms with E-state index in [0.717, 1.165) is 23.3 Å². The van der Waals surface area contributed by atoms with Gasteiger partial charge >= 0.3 is 11.9 Å². The van der Waals surface area contributed by atoms with E-state index in [2.05, 4.69) is 5.32 Å². The molecule has 13 nitrogen and oxygen atoms in total. The number of ketones is 1. The Labute approximate surface area is 331 Å². The van der Waals surface area contributed by atoms with Crippen LogP contribution >= 0.6 is 0 Å². The molecule has 0 spiro atoms. The molecule has 2 heterocycles. The Morgan fingerprint density at radius 2 is 1.79 bits per heavy atom. The van der Waals surface area contributed by atoms with Crippen molar-refractivity contribution in [1.82, 2.24) is 5.32 Å². The Kier molecular flexibility index (Phi) is 17.0. The van der Waals surface area contributed by atoms with Crippen LogP contribution < -0.4 is 5.32 Å². The van der Waals surface area contributed by atoms with E-state index in [1.165, 1.54) is 7.11 Å². The van der Waals surface area contributed by atoms with Gasteiger partial charge in [0, 0.05) is 67.8 Å². The number of esters is 2. The number of rotatable bonds is 10. The maximum absolute atomic E-state index is 13.6. The van der Waals surface area contributed by atoms with Gasteiger partial charge in [-0.1, -0.05) is 77.0 Å². The van der Waals surface area contributed by atoms with Crippen LogP contribution in [0.15, 0.2) is 70.7 Å². The smallest absolute Gasteiger partial charge is 0.334 e. The fourth-order valence-corrected chi connectivity index (χ4v) is 7.75. The number of carbonyl (C=O) groups excluding carboxylic acids is 4. The summed E-state index contributed by atoms with van der Waals surface area (Å²) in [6, 6.07) is 0. The molecule has 1 aliphatic carbocycles. The van der Waals surface area contributed by atoms with Gasteiger partial charge in [0.2, 0.25) is 5.91 Å². The van der Waals surface area contributed by atoms with Gasteiger partial charge in [-0.3, -0.25) is 9.59 Å². The zero-order valence-electron chi connectivity index (χ0n) is 34.5. The van der Waals surface area contributed by atoms with Crippen LogP contribution in [0.2, 0.25) is 0 Å². The standard InChI is InChI=1S/C43H63NO12/c1-11-33-28(7)35(54-37(48)18-17-36(47)44-38-31(45)15-16-32(38)46)22-43(52,56-33)30(9)40(50)29(8)41-34(53-10)14-12-13-23(2)19-25(4)39(49)26(5)20-24(3)21-27(6)42(51)55-41/h12-14,17-18,20-21,25-26,28-30,33-35,39-41,45,49-50,52H,11,15-16,19,22H2,1-10H3,(H,44,47)/b14-12+,18-17+,23-13+,24-20+,27-21+/t25-,26+,28-,29-,30-,33+,34-,35+,39-,40+,41+,43+/m0/s1. The van der Waals surface area contributed by atoms with Gasteiger partial charge < -0.3 is 44.7 Å². The maximum atomic E-state index is 13.6. The number of aliphatic hydroxyl groups is 4. The van der Waals surface area contributed by atoms with Gasteiger partial charge in [0.25, 0.3) is 0 Å². The molecule has 3 rings (SSSR count). The number of hydrogen-bond donors (Lipinski definition) is 5. The number of cyclic esters (lactones) is 1. The van der Waals surface area contributed by atoms with Crippen molar-refractivity contribution < 1.29 is 58.6 Å². The summed E-state index contributed by atoms with van der Waals surface area (Å²) in [7, 11) is 1.47. The summed E-state index contributed by atoms with van der Waals surface area (Å²) < 4.78 is 23.9. The lowest BCUT2D eigenvalue weighted by Gasteiger charge is -2.49. The molecule has 1 amide bonds. The zero-order chi connectivity index (χ0) is 42.1. The molecule has 0 saturated carbocycles. The summed E-state index contributed by atoms with van der Waals surface area (Å²) in [5.41, 5.74) is 1.92. The molecule has 0 aromatic rings. The predicted octanol–water partition coefficient (Wildman–Crippen LogP) is 5.22. The minimum absolute atomic E-state index is 0.0259. The molecule has 2 aliphatic heterocycles. The fourth-order valence-electron chi connectivity index (χ4n) is 7.75. The highest BCUT2D eigenvalue weighted by molar-refractivity contribution is 6.04. The molecule has 3 aliphatic rings. The van der Waals surface area contributed by atoms with Gasteiger partial charge in [-0.25, -0.2) is 9.59 Å². The molecule has 56 heavy (non-hydrogen) atoms. The molecule has 312 valence electrons. The number of ether oxygens (including phenoxy) is 4. The highest BCUT2D eigenvalue weighted by Gasteiger charge is 2.52. The van der Waals surface area contributed by atoms with Crippen LogP contribution in [-0.4, -0.2) is 93.6 Å². The van der Waals surface area contributed by atoms with Crippen LogP contribution in [0.5, 0.6) is 0 Å². The fraction of sp³-hybridized carbons (Fsp3) is 0.628. The zero-order valence-corrected chi connectivity index (χ0v) is 34.5. The van der Waals surface area contributed by atoms with E-state index >= 15 is 0 Å². The summed E-state index contributed by atoms with van der Waals surface area (Å²) >= 11 is 0. The molecule has 12 atom stereocenters. The first-order valence-corrected chi connectivity index (χ1v) is 19.6. The average molecular weight is 786 g/mol. The number of hydrogen-bond acceptors (Lipinski definition) is 12. The molecule has 1 fully saturated rings. The van der Waals surface area contributed by atoms with Crippen molar-refractivity contribution >= 4 is 23.6 Å². The number of aliphatic hydroxyl groups excluding tert-OH is 3. The summed E-state index contributed by atoms with van der Waals surface area (Å²) in [6.45, 7) is 16.4. The van der Waals surface area contributed by atoms with Crippen LogP contribution in [0.1, 0.15) is 94.4 Å². The van der Waals surface area contributed by atoms with Crippen molar-refractivity contribution in [3.8, 4) is 0 Å². The van der Waals surface area contributed by atoms with Crippen LogP contribution in [0.3, 0.4) is 0 Å². The van der Waals surface area contributed by atoms with E-state index in [1.54, 1.807) is 39.0 Å². The lowest BCUT2D eigenvalue weighted by atomic mass is 9.77. The van der Waals surface area contributed by atoms with Gasteiger partial charge in [0.15, 0.2) is 11.6 Å². The minimum Gasteiger partial charge on any atom is -0.510 e. The number of allylic oxidation sites excluding steroid dienone is 7. The molecular weight excluding hydrogens is 722 g/mol. The Morgan fingerprint density at radius 3 is 2.39 bits per heavy atom. The van der Waals surface area contributed by atoms with Gasteiger partial charge in [0.05, 0.1) is 18.3 Å².